The number of hydrogen-bond donors (Lipinski definition) is 1. The van der Waals surface area contributed by atoms with Gasteiger partial charge in [0.05, 0.1) is 34.2 Å². The molecule has 0 aliphatic carbocycles. The van der Waals surface area contributed by atoms with Crippen molar-refractivity contribution >= 4 is 15.7 Å². The zero-order valence-corrected chi connectivity index (χ0v) is 16.1. The van der Waals surface area contributed by atoms with Gasteiger partial charge in [-0.2, -0.15) is 0 Å². The Labute approximate surface area is 153 Å². The van der Waals surface area contributed by atoms with Crippen molar-refractivity contribution in [3.8, 4) is 23.0 Å². The minimum atomic E-state index is -3.62. The minimum Gasteiger partial charge on any atom is -0.497 e. The van der Waals surface area contributed by atoms with Crippen molar-refractivity contribution in [3.05, 3.63) is 42.0 Å². The SMILES string of the molecule is COc1ccc(CCS(=O)(=O)Nc2c(OC)cc(OC)cc2OC)cc1. The molecule has 0 unspecified atom stereocenters. The van der Waals surface area contributed by atoms with Crippen molar-refractivity contribution in [3.63, 3.8) is 0 Å². The zero-order chi connectivity index (χ0) is 19.2. The molecule has 0 atom stereocenters. The summed E-state index contributed by atoms with van der Waals surface area (Å²) in [5.41, 5.74) is 1.13. The lowest BCUT2D eigenvalue weighted by molar-refractivity contribution is 0.378. The molecule has 2 rings (SSSR count). The van der Waals surface area contributed by atoms with E-state index in [1.54, 1.807) is 31.4 Å². The number of ether oxygens (including phenoxy) is 4. The molecule has 142 valence electrons. The van der Waals surface area contributed by atoms with Crippen molar-refractivity contribution in [2.24, 2.45) is 0 Å². The molecule has 0 aliphatic heterocycles. The van der Waals surface area contributed by atoms with E-state index in [0.717, 1.165) is 11.3 Å². The monoisotopic (exact) mass is 381 g/mol. The predicted octanol–water partition coefficient (Wildman–Crippen LogP) is 2.71. The van der Waals surface area contributed by atoms with Crippen LogP contribution in [0.25, 0.3) is 0 Å². The van der Waals surface area contributed by atoms with Crippen molar-refractivity contribution in [2.45, 2.75) is 6.42 Å². The van der Waals surface area contributed by atoms with E-state index in [4.69, 9.17) is 18.9 Å². The van der Waals surface area contributed by atoms with Gasteiger partial charge in [-0.3, -0.25) is 4.72 Å². The molecule has 0 saturated carbocycles. The van der Waals surface area contributed by atoms with Crippen molar-refractivity contribution in [2.75, 3.05) is 38.9 Å². The molecule has 8 heteroatoms. The van der Waals surface area contributed by atoms with Crippen LogP contribution in [0.2, 0.25) is 0 Å². The van der Waals surface area contributed by atoms with Crippen molar-refractivity contribution in [1.29, 1.82) is 0 Å². The molecule has 0 aliphatic rings. The number of methoxy groups -OCH3 is 4. The standard InChI is InChI=1S/C18H23NO6S/c1-22-14-7-5-13(6-8-14)9-10-26(20,21)19-18-16(24-3)11-15(23-2)12-17(18)25-4/h5-8,11-12,19H,9-10H2,1-4H3. The minimum absolute atomic E-state index is 0.0856. The Kier molecular flexibility index (Phi) is 6.57. The molecule has 0 bridgehead atoms. The average molecular weight is 381 g/mol. The first-order valence-corrected chi connectivity index (χ1v) is 9.51. The van der Waals surface area contributed by atoms with Crippen LogP contribution in [-0.2, 0) is 16.4 Å². The summed E-state index contributed by atoms with van der Waals surface area (Å²) in [5, 5.41) is 0. The Morgan fingerprint density at radius 3 is 1.81 bits per heavy atom. The lowest BCUT2D eigenvalue weighted by Crippen LogP contribution is -2.19. The smallest absolute Gasteiger partial charge is 0.233 e. The van der Waals surface area contributed by atoms with E-state index in [2.05, 4.69) is 4.72 Å². The lowest BCUT2D eigenvalue weighted by Gasteiger charge is -2.16. The summed E-state index contributed by atoms with van der Waals surface area (Å²) >= 11 is 0. The molecule has 0 radical (unpaired) electrons. The molecule has 0 fully saturated rings. The second kappa shape index (κ2) is 8.66. The first-order valence-electron chi connectivity index (χ1n) is 7.86. The summed E-state index contributed by atoms with van der Waals surface area (Å²) in [5.74, 6) is 1.77. The van der Waals surface area contributed by atoms with Gasteiger partial charge < -0.3 is 18.9 Å². The molecule has 2 aromatic carbocycles. The first-order chi connectivity index (χ1) is 12.4. The van der Waals surface area contributed by atoms with Gasteiger partial charge in [-0.25, -0.2) is 8.42 Å². The van der Waals surface area contributed by atoms with Gasteiger partial charge in [0.15, 0.2) is 0 Å². The lowest BCUT2D eigenvalue weighted by atomic mass is 10.2. The van der Waals surface area contributed by atoms with E-state index >= 15 is 0 Å². The molecule has 7 nitrogen and oxygen atoms in total. The van der Waals surface area contributed by atoms with Gasteiger partial charge in [-0.1, -0.05) is 12.1 Å². The van der Waals surface area contributed by atoms with Crippen LogP contribution in [0.5, 0.6) is 23.0 Å². The number of hydrogen-bond acceptors (Lipinski definition) is 6. The fourth-order valence-corrected chi connectivity index (χ4v) is 3.48. The molecule has 0 amide bonds. The predicted molar refractivity (Wildman–Crippen MR) is 100 cm³/mol. The van der Waals surface area contributed by atoms with E-state index in [-0.39, 0.29) is 11.4 Å². The second-order valence-corrected chi connectivity index (χ2v) is 7.27. The van der Waals surface area contributed by atoms with Crippen LogP contribution in [0.1, 0.15) is 5.56 Å². The molecule has 0 aromatic heterocycles. The molecule has 2 aromatic rings. The van der Waals surface area contributed by atoms with Gasteiger partial charge in [0.25, 0.3) is 0 Å². The number of rotatable bonds is 9. The Bertz CT molecular complexity index is 808. The highest BCUT2D eigenvalue weighted by atomic mass is 32.2. The molecule has 1 N–H and O–H groups in total. The van der Waals surface area contributed by atoms with Crippen LogP contribution in [0, 0.1) is 0 Å². The average Bonchev–Trinajstić information content (AvgIpc) is 2.66. The van der Waals surface area contributed by atoms with Gasteiger partial charge in [0.2, 0.25) is 10.0 Å². The van der Waals surface area contributed by atoms with Crippen LogP contribution in [0.15, 0.2) is 36.4 Å². The Hall–Kier alpha value is -2.61. The van der Waals surface area contributed by atoms with Crippen LogP contribution in [0.4, 0.5) is 5.69 Å². The second-order valence-electron chi connectivity index (χ2n) is 5.43. The zero-order valence-electron chi connectivity index (χ0n) is 15.2. The van der Waals surface area contributed by atoms with E-state index in [1.165, 1.54) is 21.3 Å². The van der Waals surface area contributed by atoms with Gasteiger partial charge >= 0.3 is 0 Å². The van der Waals surface area contributed by atoms with Crippen molar-refractivity contribution in [1.82, 2.24) is 0 Å². The summed E-state index contributed by atoms with van der Waals surface area (Å²) in [6, 6.07) is 10.4. The van der Waals surface area contributed by atoms with Gasteiger partial charge in [-0.05, 0) is 24.1 Å². The van der Waals surface area contributed by atoms with Crippen LogP contribution >= 0.6 is 0 Å². The number of sulfonamides is 1. The number of nitrogens with one attached hydrogen (secondary N) is 1. The molecule has 0 saturated heterocycles. The highest BCUT2D eigenvalue weighted by Gasteiger charge is 2.19. The summed E-state index contributed by atoms with van der Waals surface area (Å²) in [7, 11) is 2.37. The fourth-order valence-electron chi connectivity index (χ4n) is 2.36. The van der Waals surface area contributed by atoms with Crippen molar-refractivity contribution < 1.29 is 27.4 Å². The maximum atomic E-state index is 12.5. The van der Waals surface area contributed by atoms with Crippen LogP contribution < -0.4 is 23.7 Å². The highest BCUT2D eigenvalue weighted by molar-refractivity contribution is 7.92. The summed E-state index contributed by atoms with van der Waals surface area (Å²) < 4.78 is 48.3. The molecule has 0 spiro atoms. The molecular weight excluding hydrogens is 358 g/mol. The number of aryl methyl sites for hydroxylation is 1. The topological polar surface area (TPSA) is 83.1 Å². The maximum Gasteiger partial charge on any atom is 0.233 e. The highest BCUT2D eigenvalue weighted by Crippen LogP contribution is 2.39. The molecular formula is C18H23NO6S. The maximum absolute atomic E-state index is 12.5. The summed E-state index contributed by atoms with van der Waals surface area (Å²) in [4.78, 5) is 0. The van der Waals surface area contributed by atoms with Gasteiger partial charge in [-0.15, -0.1) is 0 Å². The van der Waals surface area contributed by atoms with Crippen LogP contribution in [0.3, 0.4) is 0 Å². The first kappa shape index (κ1) is 19.7. The summed E-state index contributed by atoms with van der Waals surface area (Å²) in [6.45, 7) is 0. The Morgan fingerprint density at radius 1 is 0.808 bits per heavy atom. The molecule has 0 heterocycles. The van der Waals surface area contributed by atoms with E-state index in [0.29, 0.717) is 23.7 Å². The third-order valence-corrected chi connectivity index (χ3v) is 5.05. The van der Waals surface area contributed by atoms with Gasteiger partial charge in [0, 0.05) is 12.1 Å². The molecule has 26 heavy (non-hydrogen) atoms. The van der Waals surface area contributed by atoms with E-state index < -0.39 is 10.0 Å². The number of benzene rings is 2. The quantitative estimate of drug-likeness (QED) is 0.719. The normalized spacial score (nSPS) is 10.9. The fraction of sp³-hybridized carbons (Fsp3) is 0.333. The van der Waals surface area contributed by atoms with E-state index in [9.17, 15) is 8.42 Å². The summed E-state index contributed by atoms with van der Waals surface area (Å²) in [6.07, 6.45) is 0.361. The number of anilines is 1. The third kappa shape index (κ3) is 4.95. The Morgan fingerprint density at radius 2 is 1.35 bits per heavy atom. The van der Waals surface area contributed by atoms with E-state index in [1.807, 2.05) is 12.1 Å². The van der Waals surface area contributed by atoms with Crippen LogP contribution in [-0.4, -0.2) is 42.6 Å². The Balaban J connectivity index is 2.17. The van der Waals surface area contributed by atoms with Gasteiger partial charge in [0.1, 0.15) is 28.7 Å². The third-order valence-electron chi connectivity index (χ3n) is 3.79. The largest absolute Gasteiger partial charge is 0.497 e.